The minimum atomic E-state index is -0.383. The van der Waals surface area contributed by atoms with Crippen molar-refractivity contribution in [2.24, 2.45) is 0 Å². The Hall–Kier alpha value is -0.235. The fourth-order valence-electron chi connectivity index (χ4n) is 3.06. The number of aliphatic hydroxyl groups excluding tert-OH is 1. The van der Waals surface area contributed by atoms with Gasteiger partial charge in [0.15, 0.2) is 0 Å². The number of halogens is 1. The van der Waals surface area contributed by atoms with Crippen LogP contribution in [-0.4, -0.2) is 35.6 Å². The van der Waals surface area contributed by atoms with E-state index >= 15 is 0 Å². The van der Waals surface area contributed by atoms with Crippen LogP contribution in [0.4, 0.5) is 0 Å². The Morgan fingerprint density at radius 2 is 1.72 bits per heavy atom. The van der Waals surface area contributed by atoms with Crippen LogP contribution in [0.25, 0.3) is 0 Å². The molecule has 2 fully saturated rings. The third-order valence-corrected chi connectivity index (χ3v) is 6.96. The van der Waals surface area contributed by atoms with Crippen molar-refractivity contribution < 1.29 is 14.4 Å². The van der Waals surface area contributed by atoms with Gasteiger partial charge in [0.2, 0.25) is 0 Å². The van der Waals surface area contributed by atoms with Crippen molar-refractivity contribution >= 4 is 36.1 Å². The molecule has 1 aromatic carbocycles. The highest BCUT2D eigenvalue weighted by atomic mass is 35.5. The second kappa shape index (κ2) is 7.41. The Morgan fingerprint density at radius 3 is 2.32 bits per heavy atom. The van der Waals surface area contributed by atoms with Gasteiger partial charge in [-0.2, -0.15) is 0 Å². The number of hydrogen-bond acceptors (Lipinski definition) is 5. The zero-order valence-corrected chi connectivity index (χ0v) is 16.9. The highest BCUT2D eigenvalue weighted by molar-refractivity contribution is 7.97. The lowest BCUT2D eigenvalue weighted by Crippen LogP contribution is -2.41. The smallest absolute Gasteiger partial charge is 0.399 e. The maximum Gasteiger partial charge on any atom is 0.494 e. The molecule has 0 spiro atoms. The Kier molecular flexibility index (Phi) is 5.79. The van der Waals surface area contributed by atoms with Gasteiger partial charge in [0.25, 0.3) is 0 Å². The van der Waals surface area contributed by atoms with Gasteiger partial charge in [0.05, 0.1) is 22.3 Å². The fourth-order valence-corrected chi connectivity index (χ4v) is 4.19. The minimum absolute atomic E-state index is 0.140. The van der Waals surface area contributed by atoms with E-state index in [1.165, 1.54) is 0 Å². The van der Waals surface area contributed by atoms with Gasteiger partial charge in [-0.15, -0.1) is 0 Å². The van der Waals surface area contributed by atoms with Gasteiger partial charge in [-0.05, 0) is 82.9 Å². The number of rotatable bonds is 4. The SMILES string of the molecule is CC1(C)OB(c2ccc(Cl)c(SN[C@H]3CC[C@@H](O)CC3)c2)OC1(C)C. The van der Waals surface area contributed by atoms with Gasteiger partial charge < -0.3 is 14.4 Å². The molecule has 138 valence electrons. The molecule has 0 bridgehead atoms. The maximum atomic E-state index is 9.62. The molecule has 1 aromatic rings. The molecule has 0 radical (unpaired) electrons. The molecule has 0 unspecified atom stereocenters. The summed E-state index contributed by atoms with van der Waals surface area (Å²) < 4.78 is 15.7. The van der Waals surface area contributed by atoms with E-state index < -0.39 is 0 Å². The highest BCUT2D eigenvalue weighted by Gasteiger charge is 2.51. The second-order valence-electron chi connectivity index (χ2n) is 8.00. The van der Waals surface area contributed by atoms with Crippen LogP contribution in [0, 0.1) is 0 Å². The summed E-state index contributed by atoms with van der Waals surface area (Å²) in [6.45, 7) is 8.21. The predicted octanol–water partition coefficient (Wildman–Crippen LogP) is 3.54. The molecule has 4 nitrogen and oxygen atoms in total. The van der Waals surface area contributed by atoms with Crippen LogP contribution < -0.4 is 10.2 Å². The zero-order chi connectivity index (χ0) is 18.2. The van der Waals surface area contributed by atoms with Gasteiger partial charge in [-0.3, -0.25) is 4.72 Å². The summed E-state index contributed by atoms with van der Waals surface area (Å²) in [6, 6.07) is 6.31. The van der Waals surface area contributed by atoms with E-state index in [9.17, 15) is 5.11 Å². The van der Waals surface area contributed by atoms with Crippen LogP contribution in [0.2, 0.25) is 5.02 Å². The van der Waals surface area contributed by atoms with Crippen LogP contribution in [-0.2, 0) is 9.31 Å². The van der Waals surface area contributed by atoms with E-state index in [0.717, 1.165) is 36.0 Å². The van der Waals surface area contributed by atoms with Gasteiger partial charge in [0, 0.05) is 10.9 Å². The first kappa shape index (κ1) is 19.5. The molecule has 0 aromatic heterocycles. The first-order valence-corrected chi connectivity index (χ1v) is 10.1. The summed E-state index contributed by atoms with van der Waals surface area (Å²) in [5.74, 6) is 0. The summed E-state index contributed by atoms with van der Waals surface area (Å²) >= 11 is 7.93. The van der Waals surface area contributed by atoms with E-state index in [1.54, 1.807) is 11.9 Å². The highest BCUT2D eigenvalue weighted by Crippen LogP contribution is 2.37. The number of aliphatic hydroxyl groups is 1. The van der Waals surface area contributed by atoms with Crippen LogP contribution in [0.15, 0.2) is 23.1 Å². The topological polar surface area (TPSA) is 50.7 Å². The molecule has 0 amide bonds. The molecular formula is C18H27BClNO3S. The Morgan fingerprint density at radius 1 is 1.12 bits per heavy atom. The first-order valence-electron chi connectivity index (χ1n) is 8.93. The molecule has 1 heterocycles. The molecule has 1 saturated carbocycles. The van der Waals surface area contributed by atoms with Gasteiger partial charge >= 0.3 is 7.12 Å². The largest absolute Gasteiger partial charge is 0.494 e. The van der Waals surface area contributed by atoms with E-state index in [0.29, 0.717) is 11.1 Å². The average molecular weight is 384 g/mol. The zero-order valence-electron chi connectivity index (χ0n) is 15.3. The molecule has 25 heavy (non-hydrogen) atoms. The van der Waals surface area contributed by atoms with Crippen molar-refractivity contribution in [2.75, 3.05) is 0 Å². The quantitative estimate of drug-likeness (QED) is 0.615. The maximum absolute atomic E-state index is 9.62. The van der Waals surface area contributed by atoms with E-state index in [2.05, 4.69) is 32.4 Å². The normalized spacial score (nSPS) is 28.3. The van der Waals surface area contributed by atoms with Crippen LogP contribution in [0.3, 0.4) is 0 Å². The summed E-state index contributed by atoms with van der Waals surface area (Å²) in [4.78, 5) is 0.972. The molecule has 2 aliphatic rings. The molecule has 2 N–H and O–H groups in total. The number of hydrogen-bond donors (Lipinski definition) is 2. The number of benzene rings is 1. The molecular weight excluding hydrogens is 357 g/mol. The van der Waals surface area contributed by atoms with Crippen molar-refractivity contribution in [1.82, 2.24) is 4.72 Å². The monoisotopic (exact) mass is 383 g/mol. The number of nitrogens with one attached hydrogen (secondary N) is 1. The Bertz CT molecular complexity index is 604. The second-order valence-corrected chi connectivity index (χ2v) is 9.29. The lowest BCUT2D eigenvalue weighted by molar-refractivity contribution is 0.00578. The van der Waals surface area contributed by atoms with E-state index in [-0.39, 0.29) is 24.4 Å². The molecule has 1 aliphatic heterocycles. The fraction of sp³-hybridized carbons (Fsp3) is 0.667. The van der Waals surface area contributed by atoms with Crippen molar-refractivity contribution in [2.45, 2.75) is 81.6 Å². The third kappa shape index (κ3) is 4.37. The summed E-state index contributed by atoms with van der Waals surface area (Å²) in [6.07, 6.45) is 3.56. The van der Waals surface area contributed by atoms with Crippen LogP contribution in [0.5, 0.6) is 0 Å². The summed E-state index contributed by atoms with van der Waals surface area (Å²) in [7, 11) is -0.383. The molecule has 1 aliphatic carbocycles. The third-order valence-electron chi connectivity index (χ3n) is 5.51. The standard InChI is InChI=1S/C18H27BClNO3S/c1-17(2)18(3,4)24-19(23-17)12-5-10-15(20)16(11-12)25-21-13-6-8-14(22)9-7-13/h5,10-11,13-14,21-22H,6-9H2,1-4H3/t13-,14+. The Labute approximate surface area is 160 Å². The van der Waals surface area contributed by atoms with Crippen molar-refractivity contribution in [1.29, 1.82) is 0 Å². The molecule has 1 saturated heterocycles. The van der Waals surface area contributed by atoms with Crippen LogP contribution >= 0.6 is 23.5 Å². The average Bonchev–Trinajstić information content (AvgIpc) is 2.76. The van der Waals surface area contributed by atoms with Crippen molar-refractivity contribution in [3.63, 3.8) is 0 Å². The first-order chi connectivity index (χ1) is 11.7. The summed E-state index contributed by atoms with van der Waals surface area (Å²) in [5.41, 5.74) is 0.267. The van der Waals surface area contributed by atoms with Gasteiger partial charge in [0.1, 0.15) is 0 Å². The lowest BCUT2D eigenvalue weighted by Gasteiger charge is -2.32. The minimum Gasteiger partial charge on any atom is -0.399 e. The van der Waals surface area contributed by atoms with E-state index in [4.69, 9.17) is 20.9 Å². The van der Waals surface area contributed by atoms with E-state index in [1.807, 2.05) is 18.2 Å². The molecule has 7 heteroatoms. The molecule has 0 atom stereocenters. The molecule has 3 rings (SSSR count). The lowest BCUT2D eigenvalue weighted by atomic mass is 9.79. The van der Waals surface area contributed by atoms with Crippen molar-refractivity contribution in [3.05, 3.63) is 23.2 Å². The Balaban J connectivity index is 1.67. The van der Waals surface area contributed by atoms with Gasteiger partial charge in [-0.25, -0.2) is 0 Å². The van der Waals surface area contributed by atoms with Gasteiger partial charge in [-0.1, -0.05) is 17.7 Å². The summed E-state index contributed by atoms with van der Waals surface area (Å²) in [5, 5.41) is 10.3. The van der Waals surface area contributed by atoms with Crippen LogP contribution in [0.1, 0.15) is 53.4 Å². The predicted molar refractivity (Wildman–Crippen MR) is 104 cm³/mol. The van der Waals surface area contributed by atoms with Crippen molar-refractivity contribution in [3.8, 4) is 0 Å².